The van der Waals surface area contributed by atoms with Crippen LogP contribution in [0.4, 0.5) is 11.5 Å². The summed E-state index contributed by atoms with van der Waals surface area (Å²) < 4.78 is 19.4. The maximum Gasteiger partial charge on any atom is 0.232 e. The first-order valence-electron chi connectivity index (χ1n) is 11.2. The molecule has 1 atom stereocenters. The Balaban J connectivity index is 1.47. The second-order valence-corrected chi connectivity index (χ2v) is 10.0. The van der Waals surface area contributed by atoms with E-state index in [2.05, 4.69) is 20.6 Å². The summed E-state index contributed by atoms with van der Waals surface area (Å²) in [7, 11) is -1.13. The average molecular weight is 512 g/mol. The number of fused-ring (bicyclic) bond motifs is 1. The van der Waals surface area contributed by atoms with E-state index in [1.165, 1.54) is 6.33 Å². The van der Waals surface area contributed by atoms with Crippen LogP contribution in [0.2, 0.25) is 5.02 Å². The Kier molecular flexibility index (Phi) is 7.99. The van der Waals surface area contributed by atoms with Crippen molar-refractivity contribution >= 4 is 50.8 Å². The molecule has 0 saturated carbocycles. The Bertz CT molecular complexity index is 1370. The van der Waals surface area contributed by atoms with Gasteiger partial charge in [0.1, 0.15) is 29.1 Å². The number of hydrogen-bond donors (Lipinski definition) is 2. The van der Waals surface area contributed by atoms with Crippen LogP contribution in [-0.2, 0) is 22.1 Å². The number of carbonyl (C=O) groups is 1. The summed E-state index contributed by atoms with van der Waals surface area (Å²) >= 11 is 6.49. The van der Waals surface area contributed by atoms with Crippen LogP contribution in [0.25, 0.3) is 11.0 Å². The predicted octanol–water partition coefficient (Wildman–Crippen LogP) is 4.81. The van der Waals surface area contributed by atoms with Crippen molar-refractivity contribution in [2.24, 2.45) is 0 Å². The van der Waals surface area contributed by atoms with E-state index < -0.39 is 10.8 Å². The highest BCUT2D eigenvalue weighted by atomic mass is 35.5. The van der Waals surface area contributed by atoms with E-state index in [1.807, 2.05) is 54.1 Å². The first kappa shape index (κ1) is 24.7. The Hall–Kier alpha value is -3.43. The Labute approximate surface area is 211 Å². The van der Waals surface area contributed by atoms with E-state index in [-0.39, 0.29) is 11.7 Å². The molecule has 0 aliphatic carbocycles. The maximum absolute atomic E-state index is 11.9. The lowest BCUT2D eigenvalue weighted by atomic mass is 10.2. The molecule has 0 fully saturated rings. The smallest absolute Gasteiger partial charge is 0.232 e. The summed E-state index contributed by atoms with van der Waals surface area (Å²) in [5.41, 5.74) is 3.42. The highest BCUT2D eigenvalue weighted by Crippen LogP contribution is 2.33. The second kappa shape index (κ2) is 11.3. The molecule has 1 unspecified atom stereocenters. The van der Waals surface area contributed by atoms with Crippen molar-refractivity contribution in [1.29, 1.82) is 0 Å². The molecule has 8 nitrogen and oxygen atoms in total. The summed E-state index contributed by atoms with van der Waals surface area (Å²) in [6, 6.07) is 15.1. The minimum atomic E-state index is -1.13. The molecule has 0 aliphatic heterocycles. The highest BCUT2D eigenvalue weighted by Gasteiger charge is 2.12. The Morgan fingerprint density at radius 3 is 2.80 bits per heavy atom. The largest absolute Gasteiger partial charge is 0.456 e. The van der Waals surface area contributed by atoms with Gasteiger partial charge in [0.05, 0.1) is 10.5 Å². The number of hydrogen-bond acceptors (Lipinski definition) is 6. The van der Waals surface area contributed by atoms with Crippen molar-refractivity contribution in [2.45, 2.75) is 20.4 Å². The molecule has 182 valence electrons. The zero-order chi connectivity index (χ0) is 24.8. The SMILES string of the molecule is CCS(=O)CC(=O)NCCn1ccc2ncnc(Nc3ccc(Oc4cccc(C)c4)c(Cl)c3)c21. The summed E-state index contributed by atoms with van der Waals surface area (Å²) in [6.07, 6.45) is 3.39. The maximum atomic E-state index is 11.9. The number of carbonyl (C=O) groups excluding carboxylic acids is 1. The molecule has 2 aromatic carbocycles. The highest BCUT2D eigenvalue weighted by molar-refractivity contribution is 7.85. The van der Waals surface area contributed by atoms with E-state index in [0.717, 1.165) is 28.0 Å². The van der Waals surface area contributed by atoms with Gasteiger partial charge in [-0.05, 0) is 48.9 Å². The van der Waals surface area contributed by atoms with Crippen molar-refractivity contribution < 1.29 is 13.7 Å². The normalized spacial score (nSPS) is 11.9. The van der Waals surface area contributed by atoms with Gasteiger partial charge >= 0.3 is 0 Å². The van der Waals surface area contributed by atoms with Gasteiger partial charge in [-0.2, -0.15) is 0 Å². The number of nitrogens with one attached hydrogen (secondary N) is 2. The predicted molar refractivity (Wildman–Crippen MR) is 140 cm³/mol. The number of rotatable bonds is 10. The molecule has 1 amide bonds. The number of anilines is 2. The zero-order valence-corrected chi connectivity index (χ0v) is 21.0. The average Bonchev–Trinajstić information content (AvgIpc) is 3.25. The topological polar surface area (TPSA) is 98.1 Å². The molecule has 4 aromatic rings. The van der Waals surface area contributed by atoms with Crippen LogP contribution in [0.3, 0.4) is 0 Å². The minimum absolute atomic E-state index is 0.0171. The summed E-state index contributed by atoms with van der Waals surface area (Å²) in [5.74, 6) is 2.14. The molecule has 0 saturated heterocycles. The van der Waals surface area contributed by atoms with E-state index in [1.54, 1.807) is 19.1 Å². The van der Waals surface area contributed by atoms with Gasteiger partial charge in [0, 0.05) is 41.5 Å². The summed E-state index contributed by atoms with van der Waals surface area (Å²) in [4.78, 5) is 20.7. The molecular weight excluding hydrogens is 486 g/mol. The fourth-order valence-electron chi connectivity index (χ4n) is 3.53. The molecule has 35 heavy (non-hydrogen) atoms. The second-order valence-electron chi connectivity index (χ2n) is 7.88. The van der Waals surface area contributed by atoms with Gasteiger partial charge in [0.25, 0.3) is 0 Å². The molecule has 2 heterocycles. The molecule has 2 aromatic heterocycles. The number of aryl methyl sites for hydroxylation is 1. The third-order valence-electron chi connectivity index (χ3n) is 5.25. The standard InChI is InChI=1S/C25H26ClN5O3S/c1-3-35(33)15-23(32)27-10-12-31-11-9-21-24(31)25(29-16-28-21)30-18-7-8-22(20(26)14-18)34-19-6-4-5-17(2)13-19/h4-9,11,13-14,16H,3,10,12,15H2,1-2H3,(H,27,32)(H,28,29,30). The Morgan fingerprint density at radius 2 is 2.03 bits per heavy atom. The molecular formula is C25H26ClN5O3S. The van der Waals surface area contributed by atoms with Crippen molar-refractivity contribution in [1.82, 2.24) is 19.9 Å². The van der Waals surface area contributed by atoms with Crippen LogP contribution < -0.4 is 15.4 Å². The molecule has 10 heteroatoms. The van der Waals surface area contributed by atoms with Crippen molar-refractivity contribution in [2.75, 3.05) is 23.4 Å². The third kappa shape index (κ3) is 6.37. The molecule has 4 rings (SSSR count). The molecule has 0 radical (unpaired) electrons. The van der Waals surface area contributed by atoms with Gasteiger partial charge in [-0.15, -0.1) is 0 Å². The van der Waals surface area contributed by atoms with Crippen LogP contribution in [0.5, 0.6) is 11.5 Å². The fourth-order valence-corrected chi connectivity index (χ4v) is 4.35. The number of ether oxygens (including phenoxy) is 1. The van der Waals surface area contributed by atoms with Gasteiger partial charge in [-0.3, -0.25) is 9.00 Å². The van der Waals surface area contributed by atoms with Crippen LogP contribution >= 0.6 is 11.6 Å². The monoisotopic (exact) mass is 511 g/mol. The van der Waals surface area contributed by atoms with E-state index in [0.29, 0.717) is 35.4 Å². The van der Waals surface area contributed by atoms with Gasteiger partial charge in [0.15, 0.2) is 5.82 Å². The first-order valence-corrected chi connectivity index (χ1v) is 13.0. The van der Waals surface area contributed by atoms with E-state index >= 15 is 0 Å². The lowest BCUT2D eigenvalue weighted by Gasteiger charge is -2.13. The van der Waals surface area contributed by atoms with Crippen molar-refractivity contribution in [3.63, 3.8) is 0 Å². The van der Waals surface area contributed by atoms with E-state index in [9.17, 15) is 9.00 Å². The lowest BCUT2D eigenvalue weighted by Crippen LogP contribution is -2.31. The molecule has 2 N–H and O–H groups in total. The minimum Gasteiger partial charge on any atom is -0.456 e. The van der Waals surface area contributed by atoms with Crippen LogP contribution in [-0.4, -0.2) is 42.7 Å². The fraction of sp³-hybridized carbons (Fsp3) is 0.240. The lowest BCUT2D eigenvalue weighted by molar-refractivity contribution is -0.118. The van der Waals surface area contributed by atoms with Crippen LogP contribution in [0, 0.1) is 6.92 Å². The van der Waals surface area contributed by atoms with Crippen molar-refractivity contribution in [3.05, 3.63) is 71.6 Å². The molecule has 0 bridgehead atoms. The molecule has 0 spiro atoms. The third-order valence-corrected chi connectivity index (χ3v) is 6.77. The first-order chi connectivity index (χ1) is 16.9. The molecule has 0 aliphatic rings. The number of amides is 1. The Morgan fingerprint density at radius 1 is 1.17 bits per heavy atom. The number of halogens is 1. The number of benzene rings is 2. The van der Waals surface area contributed by atoms with Gasteiger partial charge in [0.2, 0.25) is 5.91 Å². The van der Waals surface area contributed by atoms with Gasteiger partial charge < -0.3 is 19.9 Å². The quantitative estimate of drug-likeness (QED) is 0.317. The zero-order valence-electron chi connectivity index (χ0n) is 19.5. The summed E-state index contributed by atoms with van der Waals surface area (Å²) in [5, 5.41) is 6.58. The van der Waals surface area contributed by atoms with E-state index in [4.69, 9.17) is 16.3 Å². The van der Waals surface area contributed by atoms with Crippen LogP contribution in [0.15, 0.2) is 61.1 Å². The van der Waals surface area contributed by atoms with Crippen molar-refractivity contribution in [3.8, 4) is 11.5 Å². The van der Waals surface area contributed by atoms with Gasteiger partial charge in [-0.25, -0.2) is 9.97 Å². The number of nitrogens with zero attached hydrogens (tertiary/aromatic N) is 3. The van der Waals surface area contributed by atoms with Crippen LogP contribution in [0.1, 0.15) is 12.5 Å². The summed E-state index contributed by atoms with van der Waals surface area (Å²) in [6.45, 7) is 4.71. The van der Waals surface area contributed by atoms with Gasteiger partial charge in [-0.1, -0.05) is 30.7 Å². The number of aromatic nitrogens is 3.